The van der Waals surface area contributed by atoms with E-state index >= 15 is 0 Å². The summed E-state index contributed by atoms with van der Waals surface area (Å²) < 4.78 is 4.96. The van der Waals surface area contributed by atoms with Crippen LogP contribution in [0.1, 0.15) is 13.3 Å². The molecule has 0 aliphatic carbocycles. The van der Waals surface area contributed by atoms with E-state index in [0.29, 0.717) is 18.0 Å². The second kappa shape index (κ2) is 4.45. The van der Waals surface area contributed by atoms with Crippen molar-refractivity contribution in [2.45, 2.75) is 13.3 Å². The molecule has 70 valence electrons. The van der Waals surface area contributed by atoms with Crippen LogP contribution in [0.2, 0.25) is 0 Å². The molecule has 0 aliphatic rings. The van der Waals surface area contributed by atoms with Gasteiger partial charge in [0.15, 0.2) is 0 Å². The predicted molar refractivity (Wildman–Crippen MR) is 49.7 cm³/mol. The third kappa shape index (κ3) is 2.43. The number of ether oxygens (including phenoxy) is 1. The maximum atomic E-state index is 11.1. The summed E-state index contributed by atoms with van der Waals surface area (Å²) in [5.74, 6) is 0.385. The first kappa shape index (κ1) is 9.51. The first-order chi connectivity index (χ1) is 6.27. The molecule has 0 saturated carbocycles. The molecule has 1 aromatic rings. The largest absolute Gasteiger partial charge is 0.480 e. The molecule has 0 radical (unpaired) electrons. The van der Waals surface area contributed by atoms with Gasteiger partial charge in [-0.15, -0.1) is 0 Å². The zero-order chi connectivity index (χ0) is 9.68. The molecular formula is C9H12N2O2. The number of anilines is 1. The van der Waals surface area contributed by atoms with Gasteiger partial charge in [-0.25, -0.2) is 4.98 Å². The van der Waals surface area contributed by atoms with E-state index in [1.807, 2.05) is 0 Å². The summed E-state index contributed by atoms with van der Waals surface area (Å²) in [7, 11) is 1.52. The normalized spacial score (nSPS) is 9.38. The van der Waals surface area contributed by atoms with Crippen LogP contribution in [0.3, 0.4) is 0 Å². The Morgan fingerprint density at radius 3 is 3.08 bits per heavy atom. The number of carbonyl (C=O) groups excluding carboxylic acids is 1. The standard InChI is InChI=1S/C9H12N2O2/c1-3-8(12)11-7-5-4-6-10-9(7)13-2/h4-6H,3H2,1-2H3,(H,11,12). The number of amides is 1. The van der Waals surface area contributed by atoms with Gasteiger partial charge in [0.25, 0.3) is 0 Å². The first-order valence-corrected chi connectivity index (χ1v) is 4.06. The van der Waals surface area contributed by atoms with Gasteiger partial charge in [0, 0.05) is 12.6 Å². The summed E-state index contributed by atoms with van der Waals surface area (Å²) in [5.41, 5.74) is 0.608. The van der Waals surface area contributed by atoms with Crippen LogP contribution in [0.4, 0.5) is 5.69 Å². The lowest BCUT2D eigenvalue weighted by molar-refractivity contribution is -0.115. The highest BCUT2D eigenvalue weighted by molar-refractivity contribution is 5.91. The van der Waals surface area contributed by atoms with E-state index in [4.69, 9.17) is 4.74 Å². The minimum absolute atomic E-state index is 0.0497. The summed E-state index contributed by atoms with van der Waals surface area (Å²) in [5, 5.41) is 2.68. The molecule has 0 atom stereocenters. The molecular weight excluding hydrogens is 168 g/mol. The van der Waals surface area contributed by atoms with E-state index in [-0.39, 0.29) is 5.91 Å². The van der Waals surface area contributed by atoms with E-state index in [1.165, 1.54) is 7.11 Å². The molecule has 1 heterocycles. The zero-order valence-corrected chi connectivity index (χ0v) is 7.70. The van der Waals surface area contributed by atoms with Crippen molar-refractivity contribution in [1.29, 1.82) is 0 Å². The van der Waals surface area contributed by atoms with Crippen molar-refractivity contribution in [3.05, 3.63) is 18.3 Å². The Balaban J connectivity index is 2.81. The highest BCUT2D eigenvalue weighted by Gasteiger charge is 2.04. The van der Waals surface area contributed by atoms with E-state index in [1.54, 1.807) is 25.3 Å². The number of methoxy groups -OCH3 is 1. The predicted octanol–water partition coefficient (Wildman–Crippen LogP) is 1.44. The summed E-state index contributed by atoms with van der Waals surface area (Å²) in [6.45, 7) is 1.79. The molecule has 0 unspecified atom stereocenters. The molecule has 0 bridgehead atoms. The third-order valence-corrected chi connectivity index (χ3v) is 1.56. The van der Waals surface area contributed by atoms with Crippen molar-refractivity contribution in [3.63, 3.8) is 0 Å². The number of nitrogens with zero attached hydrogens (tertiary/aromatic N) is 1. The van der Waals surface area contributed by atoms with E-state index in [9.17, 15) is 4.79 Å². The Morgan fingerprint density at radius 2 is 2.46 bits per heavy atom. The van der Waals surface area contributed by atoms with Crippen molar-refractivity contribution in [1.82, 2.24) is 4.98 Å². The van der Waals surface area contributed by atoms with Crippen LogP contribution in [-0.4, -0.2) is 18.0 Å². The van der Waals surface area contributed by atoms with Gasteiger partial charge in [-0.3, -0.25) is 4.79 Å². The average Bonchev–Trinajstić information content (AvgIpc) is 2.18. The van der Waals surface area contributed by atoms with E-state index in [0.717, 1.165) is 0 Å². The fourth-order valence-corrected chi connectivity index (χ4v) is 0.887. The molecule has 1 N–H and O–H groups in total. The maximum absolute atomic E-state index is 11.1. The van der Waals surface area contributed by atoms with Crippen LogP contribution in [0.25, 0.3) is 0 Å². The molecule has 4 heteroatoms. The summed E-state index contributed by atoms with van der Waals surface area (Å²) in [6.07, 6.45) is 2.05. The van der Waals surface area contributed by atoms with Gasteiger partial charge in [0.2, 0.25) is 11.8 Å². The molecule has 1 aromatic heterocycles. The van der Waals surface area contributed by atoms with Gasteiger partial charge < -0.3 is 10.1 Å². The van der Waals surface area contributed by atoms with Crippen molar-refractivity contribution in [2.75, 3.05) is 12.4 Å². The van der Waals surface area contributed by atoms with Crippen LogP contribution in [0.5, 0.6) is 5.88 Å². The second-order valence-electron chi connectivity index (χ2n) is 2.46. The average molecular weight is 180 g/mol. The Hall–Kier alpha value is -1.58. The fraction of sp³-hybridized carbons (Fsp3) is 0.333. The Morgan fingerprint density at radius 1 is 1.69 bits per heavy atom. The first-order valence-electron chi connectivity index (χ1n) is 4.06. The second-order valence-corrected chi connectivity index (χ2v) is 2.46. The van der Waals surface area contributed by atoms with Crippen molar-refractivity contribution in [2.24, 2.45) is 0 Å². The molecule has 0 fully saturated rings. The van der Waals surface area contributed by atoms with Crippen LogP contribution in [0, 0.1) is 0 Å². The van der Waals surface area contributed by atoms with E-state index in [2.05, 4.69) is 10.3 Å². The number of aromatic nitrogens is 1. The van der Waals surface area contributed by atoms with Gasteiger partial charge in [-0.05, 0) is 12.1 Å². The number of pyridine rings is 1. The van der Waals surface area contributed by atoms with Gasteiger partial charge >= 0.3 is 0 Å². The van der Waals surface area contributed by atoms with Gasteiger partial charge in [0.1, 0.15) is 5.69 Å². The monoisotopic (exact) mass is 180 g/mol. The number of rotatable bonds is 3. The van der Waals surface area contributed by atoms with Crippen molar-refractivity contribution in [3.8, 4) is 5.88 Å². The van der Waals surface area contributed by atoms with E-state index < -0.39 is 0 Å². The number of carbonyl (C=O) groups is 1. The number of nitrogens with one attached hydrogen (secondary N) is 1. The lowest BCUT2D eigenvalue weighted by atomic mass is 10.3. The lowest BCUT2D eigenvalue weighted by Crippen LogP contribution is -2.10. The molecule has 0 spiro atoms. The highest BCUT2D eigenvalue weighted by Crippen LogP contribution is 2.19. The van der Waals surface area contributed by atoms with Gasteiger partial charge in [-0.2, -0.15) is 0 Å². The SMILES string of the molecule is CCC(=O)Nc1cccnc1OC. The van der Waals surface area contributed by atoms with Crippen molar-refractivity contribution >= 4 is 11.6 Å². The third-order valence-electron chi connectivity index (χ3n) is 1.56. The van der Waals surface area contributed by atoms with Crippen LogP contribution >= 0.6 is 0 Å². The number of hydrogen-bond acceptors (Lipinski definition) is 3. The Bertz CT molecular complexity index is 299. The number of hydrogen-bond donors (Lipinski definition) is 1. The van der Waals surface area contributed by atoms with Gasteiger partial charge in [-0.1, -0.05) is 6.92 Å². The Labute approximate surface area is 76.9 Å². The molecule has 1 amide bonds. The molecule has 0 aromatic carbocycles. The van der Waals surface area contributed by atoms with Crippen LogP contribution < -0.4 is 10.1 Å². The van der Waals surface area contributed by atoms with Crippen LogP contribution in [-0.2, 0) is 4.79 Å². The Kier molecular flexibility index (Phi) is 3.25. The molecule has 0 saturated heterocycles. The summed E-state index contributed by atoms with van der Waals surface area (Å²) in [4.78, 5) is 15.0. The lowest BCUT2D eigenvalue weighted by Gasteiger charge is -2.06. The van der Waals surface area contributed by atoms with Crippen LogP contribution in [0.15, 0.2) is 18.3 Å². The molecule has 1 rings (SSSR count). The molecule has 0 aliphatic heterocycles. The smallest absolute Gasteiger partial charge is 0.237 e. The fourth-order valence-electron chi connectivity index (χ4n) is 0.887. The minimum atomic E-state index is -0.0497. The zero-order valence-electron chi connectivity index (χ0n) is 7.70. The topological polar surface area (TPSA) is 51.2 Å². The molecule has 13 heavy (non-hydrogen) atoms. The van der Waals surface area contributed by atoms with Crippen molar-refractivity contribution < 1.29 is 9.53 Å². The highest BCUT2D eigenvalue weighted by atomic mass is 16.5. The minimum Gasteiger partial charge on any atom is -0.480 e. The molecule has 4 nitrogen and oxygen atoms in total. The van der Waals surface area contributed by atoms with Gasteiger partial charge in [0.05, 0.1) is 7.11 Å². The quantitative estimate of drug-likeness (QED) is 0.765. The summed E-state index contributed by atoms with van der Waals surface area (Å²) in [6, 6.07) is 3.49. The maximum Gasteiger partial charge on any atom is 0.237 e. The summed E-state index contributed by atoms with van der Waals surface area (Å²) >= 11 is 0.